The first-order chi connectivity index (χ1) is 9.69. The second kappa shape index (κ2) is 6.55. The minimum atomic E-state index is 0.0510. The number of hydrogen-bond acceptors (Lipinski definition) is 3. The van der Waals surface area contributed by atoms with Gasteiger partial charge in [0.1, 0.15) is 5.75 Å². The fourth-order valence-electron chi connectivity index (χ4n) is 2.26. The Balaban J connectivity index is 2.50. The Labute approximate surface area is 119 Å². The molecule has 0 radical (unpaired) electrons. The van der Waals surface area contributed by atoms with Gasteiger partial charge in [-0.2, -0.15) is 0 Å². The molecular formula is C17H20O3. The molecule has 2 aromatic carbocycles. The standard InChI is InChI=1S/C17H20O3/c1-12-4-5-13(8-14(12)10-18)17-7-6-16(20-3)9-15(17)11-19-2/h4-9,18H,10-11H2,1-3H3. The molecule has 106 valence electrons. The summed E-state index contributed by atoms with van der Waals surface area (Å²) in [6.07, 6.45) is 0. The Bertz CT molecular complexity index is 591. The van der Waals surface area contributed by atoms with Crippen LogP contribution in [0.25, 0.3) is 11.1 Å². The Morgan fingerprint density at radius 1 is 1.00 bits per heavy atom. The molecule has 1 N–H and O–H groups in total. The summed E-state index contributed by atoms with van der Waals surface area (Å²) < 4.78 is 10.5. The fourth-order valence-corrected chi connectivity index (χ4v) is 2.26. The first kappa shape index (κ1) is 14.6. The summed E-state index contributed by atoms with van der Waals surface area (Å²) in [5.74, 6) is 0.815. The monoisotopic (exact) mass is 272 g/mol. The van der Waals surface area contributed by atoms with Gasteiger partial charge >= 0.3 is 0 Å². The van der Waals surface area contributed by atoms with Crippen LogP contribution in [0.5, 0.6) is 5.75 Å². The van der Waals surface area contributed by atoms with Crippen LogP contribution in [0.3, 0.4) is 0 Å². The van der Waals surface area contributed by atoms with Crippen LogP contribution in [-0.4, -0.2) is 19.3 Å². The van der Waals surface area contributed by atoms with Crippen molar-refractivity contribution in [2.24, 2.45) is 0 Å². The van der Waals surface area contributed by atoms with Crippen LogP contribution in [-0.2, 0) is 18.0 Å². The molecule has 0 unspecified atom stereocenters. The zero-order chi connectivity index (χ0) is 14.5. The molecule has 0 aliphatic carbocycles. The molecule has 0 aliphatic rings. The molecule has 0 amide bonds. The zero-order valence-corrected chi connectivity index (χ0v) is 12.1. The van der Waals surface area contributed by atoms with Crippen molar-refractivity contribution in [1.29, 1.82) is 0 Å². The molecule has 0 aliphatic heterocycles. The molecule has 2 aromatic rings. The minimum Gasteiger partial charge on any atom is -0.497 e. The lowest BCUT2D eigenvalue weighted by atomic mass is 9.96. The van der Waals surface area contributed by atoms with Crippen molar-refractivity contribution in [2.75, 3.05) is 14.2 Å². The smallest absolute Gasteiger partial charge is 0.119 e. The highest BCUT2D eigenvalue weighted by Crippen LogP contribution is 2.29. The highest BCUT2D eigenvalue weighted by molar-refractivity contribution is 5.69. The Hall–Kier alpha value is -1.84. The maximum absolute atomic E-state index is 9.40. The van der Waals surface area contributed by atoms with E-state index < -0.39 is 0 Å². The summed E-state index contributed by atoms with van der Waals surface area (Å²) in [4.78, 5) is 0. The van der Waals surface area contributed by atoms with Crippen LogP contribution >= 0.6 is 0 Å². The molecule has 0 saturated carbocycles. The van der Waals surface area contributed by atoms with Gasteiger partial charge in [0.2, 0.25) is 0 Å². The number of aliphatic hydroxyl groups excluding tert-OH is 1. The topological polar surface area (TPSA) is 38.7 Å². The van der Waals surface area contributed by atoms with Gasteiger partial charge in [-0.1, -0.05) is 18.2 Å². The number of aliphatic hydroxyl groups is 1. The second-order valence-electron chi connectivity index (χ2n) is 4.76. The van der Waals surface area contributed by atoms with Gasteiger partial charge in [-0.25, -0.2) is 0 Å². The third-order valence-corrected chi connectivity index (χ3v) is 3.44. The van der Waals surface area contributed by atoms with Crippen LogP contribution in [0.1, 0.15) is 16.7 Å². The molecule has 0 spiro atoms. The van der Waals surface area contributed by atoms with Crippen molar-refractivity contribution in [3.05, 3.63) is 53.1 Å². The summed E-state index contributed by atoms with van der Waals surface area (Å²) in [6.45, 7) is 2.57. The van der Waals surface area contributed by atoms with E-state index in [1.807, 2.05) is 37.3 Å². The van der Waals surface area contributed by atoms with Crippen LogP contribution in [0, 0.1) is 6.92 Å². The zero-order valence-electron chi connectivity index (χ0n) is 12.1. The molecule has 20 heavy (non-hydrogen) atoms. The SMILES string of the molecule is COCc1cc(OC)ccc1-c1ccc(C)c(CO)c1. The average Bonchev–Trinajstić information content (AvgIpc) is 2.48. The van der Waals surface area contributed by atoms with Crippen LogP contribution in [0.15, 0.2) is 36.4 Å². The van der Waals surface area contributed by atoms with Crippen LogP contribution in [0.2, 0.25) is 0 Å². The summed E-state index contributed by atoms with van der Waals surface area (Å²) in [5.41, 5.74) is 5.29. The van der Waals surface area contributed by atoms with Crippen LogP contribution < -0.4 is 4.74 Å². The maximum atomic E-state index is 9.40. The van der Waals surface area contributed by atoms with Crippen molar-refractivity contribution < 1.29 is 14.6 Å². The van der Waals surface area contributed by atoms with Gasteiger partial charge in [-0.15, -0.1) is 0 Å². The Morgan fingerprint density at radius 2 is 1.80 bits per heavy atom. The lowest BCUT2D eigenvalue weighted by molar-refractivity contribution is 0.185. The molecule has 3 heteroatoms. The van der Waals surface area contributed by atoms with E-state index in [-0.39, 0.29) is 6.61 Å². The van der Waals surface area contributed by atoms with E-state index in [4.69, 9.17) is 9.47 Å². The van der Waals surface area contributed by atoms with E-state index in [0.29, 0.717) is 6.61 Å². The normalized spacial score (nSPS) is 10.6. The molecule has 0 heterocycles. The molecule has 0 fully saturated rings. The van der Waals surface area contributed by atoms with E-state index in [2.05, 4.69) is 6.07 Å². The van der Waals surface area contributed by atoms with E-state index >= 15 is 0 Å². The van der Waals surface area contributed by atoms with Gasteiger partial charge in [-0.05, 0) is 52.9 Å². The number of ether oxygens (including phenoxy) is 2. The summed E-state index contributed by atoms with van der Waals surface area (Å²) >= 11 is 0. The lowest BCUT2D eigenvalue weighted by Gasteiger charge is -2.13. The highest BCUT2D eigenvalue weighted by atomic mass is 16.5. The molecule has 0 saturated heterocycles. The predicted octanol–water partition coefficient (Wildman–Crippen LogP) is 3.31. The Morgan fingerprint density at radius 3 is 2.45 bits per heavy atom. The number of aryl methyl sites for hydroxylation is 1. The van der Waals surface area contributed by atoms with Gasteiger partial charge in [0.25, 0.3) is 0 Å². The number of methoxy groups -OCH3 is 2. The lowest BCUT2D eigenvalue weighted by Crippen LogP contribution is -1.96. The molecule has 0 aromatic heterocycles. The van der Waals surface area contributed by atoms with Crippen molar-refractivity contribution in [3.8, 4) is 16.9 Å². The summed E-state index contributed by atoms with van der Waals surface area (Å²) in [5, 5.41) is 9.40. The van der Waals surface area contributed by atoms with Crippen molar-refractivity contribution >= 4 is 0 Å². The third-order valence-electron chi connectivity index (χ3n) is 3.44. The van der Waals surface area contributed by atoms with Gasteiger partial charge < -0.3 is 14.6 Å². The summed E-state index contributed by atoms with van der Waals surface area (Å²) in [6, 6.07) is 12.1. The molecule has 3 nitrogen and oxygen atoms in total. The number of rotatable bonds is 5. The van der Waals surface area contributed by atoms with Gasteiger partial charge in [0, 0.05) is 7.11 Å². The predicted molar refractivity (Wildman–Crippen MR) is 79.8 cm³/mol. The number of hydrogen-bond donors (Lipinski definition) is 1. The van der Waals surface area contributed by atoms with Crippen molar-refractivity contribution in [2.45, 2.75) is 20.1 Å². The van der Waals surface area contributed by atoms with Gasteiger partial charge in [-0.3, -0.25) is 0 Å². The Kier molecular flexibility index (Phi) is 4.77. The second-order valence-corrected chi connectivity index (χ2v) is 4.76. The van der Waals surface area contributed by atoms with Crippen molar-refractivity contribution in [3.63, 3.8) is 0 Å². The van der Waals surface area contributed by atoms with E-state index in [1.54, 1.807) is 14.2 Å². The maximum Gasteiger partial charge on any atom is 0.119 e. The van der Waals surface area contributed by atoms with Gasteiger partial charge in [0.05, 0.1) is 20.3 Å². The van der Waals surface area contributed by atoms with Crippen molar-refractivity contribution in [1.82, 2.24) is 0 Å². The largest absolute Gasteiger partial charge is 0.497 e. The molecule has 2 rings (SSSR count). The van der Waals surface area contributed by atoms with E-state index in [1.165, 1.54) is 0 Å². The quantitative estimate of drug-likeness (QED) is 0.907. The highest BCUT2D eigenvalue weighted by Gasteiger charge is 2.08. The molecular weight excluding hydrogens is 252 g/mol. The number of benzene rings is 2. The van der Waals surface area contributed by atoms with E-state index in [9.17, 15) is 5.11 Å². The van der Waals surface area contributed by atoms with Crippen LogP contribution in [0.4, 0.5) is 0 Å². The third kappa shape index (κ3) is 3.00. The average molecular weight is 272 g/mol. The fraction of sp³-hybridized carbons (Fsp3) is 0.294. The van der Waals surface area contributed by atoms with E-state index in [0.717, 1.165) is 33.6 Å². The summed E-state index contributed by atoms with van der Waals surface area (Å²) in [7, 11) is 3.33. The first-order valence-electron chi connectivity index (χ1n) is 6.56. The molecule has 0 atom stereocenters. The molecule has 0 bridgehead atoms. The van der Waals surface area contributed by atoms with Gasteiger partial charge in [0.15, 0.2) is 0 Å². The minimum absolute atomic E-state index is 0.0510. The first-order valence-corrected chi connectivity index (χ1v) is 6.56.